The van der Waals surface area contributed by atoms with Crippen LogP contribution >= 0.6 is 11.6 Å². The maximum Gasteiger partial charge on any atom is 0.238 e. The number of nitrogens with one attached hydrogen (secondary N) is 1. The molecule has 0 atom stereocenters. The SMILES string of the molecule is Cc1cc(C)c(NC(=O)CN2CCCCCC2)c(Cl)c1. The molecule has 1 aliphatic heterocycles. The Morgan fingerprint density at radius 2 is 1.85 bits per heavy atom. The van der Waals surface area contributed by atoms with Gasteiger partial charge < -0.3 is 5.32 Å². The van der Waals surface area contributed by atoms with Crippen molar-refractivity contribution in [2.24, 2.45) is 0 Å². The highest BCUT2D eigenvalue weighted by Crippen LogP contribution is 2.27. The van der Waals surface area contributed by atoms with Gasteiger partial charge in [-0.2, -0.15) is 0 Å². The van der Waals surface area contributed by atoms with Crippen molar-refractivity contribution in [1.82, 2.24) is 4.90 Å². The molecule has 1 aromatic rings. The molecule has 0 saturated carbocycles. The summed E-state index contributed by atoms with van der Waals surface area (Å²) in [5, 5.41) is 3.58. The van der Waals surface area contributed by atoms with Gasteiger partial charge >= 0.3 is 0 Å². The summed E-state index contributed by atoms with van der Waals surface area (Å²) in [6.07, 6.45) is 4.94. The number of benzene rings is 1. The smallest absolute Gasteiger partial charge is 0.238 e. The third kappa shape index (κ3) is 4.22. The molecule has 0 aromatic heterocycles. The van der Waals surface area contributed by atoms with E-state index in [1.807, 2.05) is 26.0 Å². The van der Waals surface area contributed by atoms with Crippen LogP contribution in [0.25, 0.3) is 0 Å². The van der Waals surface area contributed by atoms with Gasteiger partial charge in [0.1, 0.15) is 0 Å². The van der Waals surface area contributed by atoms with E-state index < -0.39 is 0 Å². The first-order chi connectivity index (χ1) is 9.56. The van der Waals surface area contributed by atoms with Gasteiger partial charge in [-0.15, -0.1) is 0 Å². The summed E-state index contributed by atoms with van der Waals surface area (Å²) < 4.78 is 0. The standard InChI is InChI=1S/C16H23ClN2O/c1-12-9-13(2)16(14(17)10-12)18-15(20)11-19-7-5-3-4-6-8-19/h9-10H,3-8,11H2,1-2H3,(H,18,20). The molecule has 0 spiro atoms. The molecule has 1 amide bonds. The average Bonchev–Trinajstić information content (AvgIpc) is 2.62. The monoisotopic (exact) mass is 294 g/mol. The van der Waals surface area contributed by atoms with Crippen LogP contribution < -0.4 is 5.32 Å². The highest BCUT2D eigenvalue weighted by Gasteiger charge is 2.15. The Morgan fingerprint density at radius 3 is 2.45 bits per heavy atom. The van der Waals surface area contributed by atoms with Crippen LogP contribution in [0.2, 0.25) is 5.02 Å². The van der Waals surface area contributed by atoms with E-state index in [0.29, 0.717) is 11.6 Å². The van der Waals surface area contributed by atoms with Gasteiger partial charge in [0.25, 0.3) is 0 Å². The van der Waals surface area contributed by atoms with Gasteiger partial charge in [0, 0.05) is 0 Å². The molecule has 1 saturated heterocycles. The largest absolute Gasteiger partial charge is 0.323 e. The Morgan fingerprint density at radius 1 is 1.20 bits per heavy atom. The average molecular weight is 295 g/mol. The predicted molar refractivity (Wildman–Crippen MR) is 84.5 cm³/mol. The van der Waals surface area contributed by atoms with Crippen LogP contribution in [0.15, 0.2) is 12.1 Å². The van der Waals surface area contributed by atoms with E-state index in [4.69, 9.17) is 11.6 Å². The molecule has 1 fully saturated rings. The molecule has 0 aliphatic carbocycles. The third-order valence-electron chi connectivity index (χ3n) is 3.76. The van der Waals surface area contributed by atoms with Crippen LogP contribution in [0.1, 0.15) is 36.8 Å². The van der Waals surface area contributed by atoms with Crippen LogP contribution in [0, 0.1) is 13.8 Å². The number of nitrogens with zero attached hydrogens (tertiary/aromatic N) is 1. The Hall–Kier alpha value is -1.06. The summed E-state index contributed by atoms with van der Waals surface area (Å²) in [4.78, 5) is 14.4. The Labute approximate surface area is 126 Å². The molecule has 0 radical (unpaired) electrons. The minimum absolute atomic E-state index is 0.0285. The van der Waals surface area contributed by atoms with E-state index in [9.17, 15) is 4.79 Å². The lowest BCUT2D eigenvalue weighted by Gasteiger charge is -2.20. The Bertz CT molecular complexity index is 456. The number of anilines is 1. The van der Waals surface area contributed by atoms with Gasteiger partial charge in [-0.05, 0) is 57.0 Å². The van der Waals surface area contributed by atoms with Crippen LogP contribution in [-0.2, 0) is 4.79 Å². The van der Waals surface area contributed by atoms with Gasteiger partial charge in [-0.3, -0.25) is 9.69 Å². The Kier molecular flexibility index (Phi) is 5.44. The molecule has 110 valence electrons. The van der Waals surface area contributed by atoms with E-state index in [1.54, 1.807) is 0 Å². The summed E-state index contributed by atoms with van der Waals surface area (Å²) in [6.45, 7) is 6.48. The van der Waals surface area contributed by atoms with Crippen molar-refractivity contribution >= 4 is 23.2 Å². The predicted octanol–water partition coefficient (Wildman–Crippen LogP) is 3.77. The van der Waals surface area contributed by atoms with Crippen molar-refractivity contribution in [1.29, 1.82) is 0 Å². The van der Waals surface area contributed by atoms with Crippen molar-refractivity contribution < 1.29 is 4.79 Å². The second-order valence-corrected chi connectivity index (χ2v) is 6.08. The first-order valence-electron chi connectivity index (χ1n) is 7.35. The number of hydrogen-bond donors (Lipinski definition) is 1. The van der Waals surface area contributed by atoms with Gasteiger partial charge in [0.05, 0.1) is 17.3 Å². The maximum atomic E-state index is 12.2. The normalized spacial score (nSPS) is 16.8. The lowest BCUT2D eigenvalue weighted by Crippen LogP contribution is -2.34. The fourth-order valence-corrected chi connectivity index (χ4v) is 3.12. The van der Waals surface area contributed by atoms with Crippen LogP contribution in [-0.4, -0.2) is 30.4 Å². The second-order valence-electron chi connectivity index (χ2n) is 5.68. The molecular weight excluding hydrogens is 272 g/mol. The van der Waals surface area contributed by atoms with Crippen molar-refractivity contribution in [3.05, 3.63) is 28.3 Å². The molecule has 20 heavy (non-hydrogen) atoms. The van der Waals surface area contributed by atoms with Gasteiger partial charge in [0.15, 0.2) is 0 Å². The number of halogens is 1. The van der Waals surface area contributed by atoms with E-state index >= 15 is 0 Å². The molecule has 1 heterocycles. The topological polar surface area (TPSA) is 32.3 Å². The summed E-state index contributed by atoms with van der Waals surface area (Å²) in [7, 11) is 0. The minimum Gasteiger partial charge on any atom is -0.323 e. The zero-order valence-corrected chi connectivity index (χ0v) is 13.1. The molecule has 2 rings (SSSR count). The second kappa shape index (κ2) is 7.09. The molecule has 1 aliphatic rings. The van der Waals surface area contributed by atoms with E-state index in [0.717, 1.165) is 29.9 Å². The summed E-state index contributed by atoms with van der Waals surface area (Å²) >= 11 is 6.22. The summed E-state index contributed by atoms with van der Waals surface area (Å²) in [5.41, 5.74) is 2.87. The summed E-state index contributed by atoms with van der Waals surface area (Å²) in [5.74, 6) is 0.0285. The number of aryl methyl sites for hydroxylation is 2. The number of carbonyl (C=O) groups excluding carboxylic acids is 1. The van der Waals surface area contributed by atoms with Crippen LogP contribution in [0.3, 0.4) is 0 Å². The van der Waals surface area contributed by atoms with Crippen molar-refractivity contribution in [2.45, 2.75) is 39.5 Å². The molecule has 0 bridgehead atoms. The zero-order chi connectivity index (χ0) is 14.5. The Balaban J connectivity index is 1.97. The molecule has 1 aromatic carbocycles. The molecule has 3 nitrogen and oxygen atoms in total. The molecule has 1 N–H and O–H groups in total. The number of hydrogen-bond acceptors (Lipinski definition) is 2. The van der Waals surface area contributed by atoms with Gasteiger partial charge in [-0.1, -0.05) is 30.5 Å². The van der Waals surface area contributed by atoms with Gasteiger partial charge in [0.2, 0.25) is 5.91 Å². The van der Waals surface area contributed by atoms with E-state index in [2.05, 4.69) is 10.2 Å². The lowest BCUT2D eigenvalue weighted by atomic mass is 10.1. The minimum atomic E-state index is 0.0285. The zero-order valence-electron chi connectivity index (χ0n) is 12.3. The molecular formula is C16H23ClN2O. The first-order valence-corrected chi connectivity index (χ1v) is 7.73. The number of carbonyl (C=O) groups is 1. The quantitative estimate of drug-likeness (QED) is 0.920. The van der Waals surface area contributed by atoms with E-state index in [-0.39, 0.29) is 5.91 Å². The summed E-state index contributed by atoms with van der Waals surface area (Å²) in [6, 6.07) is 3.92. The molecule has 4 heteroatoms. The highest BCUT2D eigenvalue weighted by molar-refractivity contribution is 6.34. The lowest BCUT2D eigenvalue weighted by molar-refractivity contribution is -0.117. The van der Waals surface area contributed by atoms with Crippen molar-refractivity contribution in [2.75, 3.05) is 25.0 Å². The van der Waals surface area contributed by atoms with Crippen molar-refractivity contribution in [3.63, 3.8) is 0 Å². The number of likely N-dealkylation sites (tertiary alicyclic amines) is 1. The third-order valence-corrected chi connectivity index (χ3v) is 4.06. The van der Waals surface area contributed by atoms with Crippen molar-refractivity contribution in [3.8, 4) is 0 Å². The van der Waals surface area contributed by atoms with Crippen LogP contribution in [0.4, 0.5) is 5.69 Å². The maximum absolute atomic E-state index is 12.2. The number of rotatable bonds is 3. The van der Waals surface area contributed by atoms with Gasteiger partial charge in [-0.25, -0.2) is 0 Å². The van der Waals surface area contributed by atoms with E-state index in [1.165, 1.54) is 25.7 Å². The highest BCUT2D eigenvalue weighted by atomic mass is 35.5. The van der Waals surface area contributed by atoms with Crippen LogP contribution in [0.5, 0.6) is 0 Å². The number of amides is 1. The fraction of sp³-hybridized carbons (Fsp3) is 0.562. The first kappa shape index (κ1) is 15.3. The fourth-order valence-electron chi connectivity index (χ4n) is 2.75. The molecule has 0 unspecified atom stereocenters.